The van der Waals surface area contributed by atoms with Gasteiger partial charge in [-0.1, -0.05) is 22.0 Å². The van der Waals surface area contributed by atoms with Crippen molar-refractivity contribution in [3.63, 3.8) is 0 Å². The molecule has 1 aliphatic rings. The minimum absolute atomic E-state index is 0.0781. The summed E-state index contributed by atoms with van der Waals surface area (Å²) in [6, 6.07) is 12.3. The molecule has 0 saturated heterocycles. The molecule has 24 heavy (non-hydrogen) atoms. The molecule has 0 aromatic heterocycles. The van der Waals surface area contributed by atoms with Crippen LogP contribution in [0.15, 0.2) is 57.0 Å². The molecule has 0 radical (unpaired) electrons. The predicted octanol–water partition coefficient (Wildman–Crippen LogP) is 4.41. The van der Waals surface area contributed by atoms with Crippen LogP contribution in [0.2, 0.25) is 0 Å². The minimum atomic E-state index is -0.593. The van der Waals surface area contributed by atoms with E-state index in [-0.39, 0.29) is 18.0 Å². The molecular formula is C18H12Br2O4. The van der Waals surface area contributed by atoms with Crippen LogP contribution in [0.3, 0.4) is 0 Å². The number of hydrogen-bond acceptors (Lipinski definition) is 4. The molecule has 1 heterocycles. The molecule has 0 amide bonds. The van der Waals surface area contributed by atoms with E-state index in [0.29, 0.717) is 16.9 Å². The Morgan fingerprint density at radius 3 is 2.46 bits per heavy atom. The Balaban J connectivity index is 2.06. The van der Waals surface area contributed by atoms with E-state index in [1.54, 1.807) is 43.5 Å². The van der Waals surface area contributed by atoms with Crippen molar-refractivity contribution in [3.05, 3.63) is 68.1 Å². The first-order valence-electron chi connectivity index (χ1n) is 7.05. The summed E-state index contributed by atoms with van der Waals surface area (Å²) >= 11 is 6.74. The summed E-state index contributed by atoms with van der Waals surface area (Å²) in [4.78, 5) is 24.9. The van der Waals surface area contributed by atoms with Gasteiger partial charge in [0.2, 0.25) is 5.78 Å². The van der Waals surface area contributed by atoms with Crippen LogP contribution in [0.25, 0.3) is 5.57 Å². The number of ketones is 1. The van der Waals surface area contributed by atoms with Gasteiger partial charge >= 0.3 is 5.97 Å². The number of Topliss-reactive ketones (excluding diaryl/α,β-unsaturated/α-hetero) is 1. The molecule has 4 nitrogen and oxygen atoms in total. The molecule has 0 bridgehead atoms. The fraction of sp³-hybridized carbons (Fsp3) is 0.111. The molecular weight excluding hydrogens is 440 g/mol. The van der Waals surface area contributed by atoms with Crippen LogP contribution >= 0.6 is 31.9 Å². The second-order valence-corrected chi connectivity index (χ2v) is 6.89. The third kappa shape index (κ3) is 3.16. The zero-order valence-corrected chi connectivity index (χ0v) is 15.8. The third-order valence-corrected chi connectivity index (χ3v) is 4.84. The topological polar surface area (TPSA) is 52.6 Å². The van der Waals surface area contributed by atoms with Crippen LogP contribution in [0.1, 0.15) is 15.9 Å². The van der Waals surface area contributed by atoms with E-state index in [1.807, 2.05) is 6.07 Å². The lowest BCUT2D eigenvalue weighted by Crippen LogP contribution is -2.11. The Hall–Kier alpha value is -1.92. The average molecular weight is 452 g/mol. The molecule has 0 N–H and O–H groups in total. The summed E-state index contributed by atoms with van der Waals surface area (Å²) in [7, 11) is 1.57. The number of ether oxygens (including phenoxy) is 2. The molecule has 0 aliphatic carbocycles. The maximum Gasteiger partial charge on any atom is 0.342 e. The van der Waals surface area contributed by atoms with Crippen molar-refractivity contribution >= 4 is 49.2 Å². The van der Waals surface area contributed by atoms with Crippen LogP contribution < -0.4 is 4.74 Å². The monoisotopic (exact) mass is 450 g/mol. The summed E-state index contributed by atoms with van der Waals surface area (Å²) in [6.45, 7) is 0.0786. The molecule has 0 unspecified atom stereocenters. The first kappa shape index (κ1) is 16.9. The van der Waals surface area contributed by atoms with Crippen LogP contribution in [0.4, 0.5) is 0 Å². The fourth-order valence-corrected chi connectivity index (χ4v) is 3.27. The number of rotatable bonds is 4. The Morgan fingerprint density at radius 2 is 1.83 bits per heavy atom. The lowest BCUT2D eigenvalue weighted by Gasteiger charge is -2.08. The maximum absolute atomic E-state index is 12.8. The normalized spacial score (nSPS) is 13.9. The molecule has 0 spiro atoms. The second-order valence-electron chi connectivity index (χ2n) is 5.12. The van der Waals surface area contributed by atoms with Crippen LogP contribution in [-0.2, 0) is 9.53 Å². The Kier molecular flexibility index (Phi) is 4.87. The SMILES string of the molecule is COc1ccc(C2=C(C(=O)c3ccc(Br)cc3)C(=O)OC2)cc1Br. The summed E-state index contributed by atoms with van der Waals surface area (Å²) in [6.07, 6.45) is 0. The van der Waals surface area contributed by atoms with Crippen molar-refractivity contribution < 1.29 is 19.1 Å². The lowest BCUT2D eigenvalue weighted by atomic mass is 9.96. The summed E-state index contributed by atoms with van der Waals surface area (Å²) in [5, 5.41) is 0. The molecule has 0 saturated carbocycles. The number of benzene rings is 2. The molecule has 6 heteroatoms. The first-order valence-corrected chi connectivity index (χ1v) is 8.64. The van der Waals surface area contributed by atoms with Crippen LogP contribution in [-0.4, -0.2) is 25.5 Å². The molecule has 1 aliphatic heterocycles. The summed E-state index contributed by atoms with van der Waals surface area (Å²) < 4.78 is 11.9. The van der Waals surface area contributed by atoms with E-state index in [9.17, 15) is 9.59 Å². The third-order valence-electron chi connectivity index (χ3n) is 3.69. The van der Waals surface area contributed by atoms with E-state index in [1.165, 1.54) is 0 Å². The van der Waals surface area contributed by atoms with Gasteiger partial charge in [0.15, 0.2) is 0 Å². The number of carbonyl (C=O) groups excluding carboxylic acids is 2. The van der Waals surface area contributed by atoms with Crippen molar-refractivity contribution in [2.24, 2.45) is 0 Å². The van der Waals surface area contributed by atoms with Crippen molar-refractivity contribution in [1.82, 2.24) is 0 Å². The highest BCUT2D eigenvalue weighted by atomic mass is 79.9. The maximum atomic E-state index is 12.8. The van der Waals surface area contributed by atoms with Gasteiger partial charge in [0.25, 0.3) is 0 Å². The molecule has 2 aromatic rings. The fourth-order valence-electron chi connectivity index (χ4n) is 2.46. The summed E-state index contributed by atoms with van der Waals surface area (Å²) in [5.74, 6) is -0.262. The van der Waals surface area contributed by atoms with E-state index in [0.717, 1.165) is 14.5 Å². The number of methoxy groups -OCH3 is 1. The quantitative estimate of drug-likeness (QED) is 0.392. The van der Waals surface area contributed by atoms with E-state index in [2.05, 4.69) is 31.9 Å². The number of carbonyl (C=O) groups is 2. The van der Waals surface area contributed by atoms with E-state index >= 15 is 0 Å². The highest BCUT2D eigenvalue weighted by molar-refractivity contribution is 9.10. The minimum Gasteiger partial charge on any atom is -0.496 e. The smallest absolute Gasteiger partial charge is 0.342 e. The largest absolute Gasteiger partial charge is 0.496 e. The van der Waals surface area contributed by atoms with Gasteiger partial charge in [0, 0.05) is 15.6 Å². The molecule has 122 valence electrons. The highest BCUT2D eigenvalue weighted by Gasteiger charge is 2.32. The predicted molar refractivity (Wildman–Crippen MR) is 97.0 cm³/mol. The molecule has 3 rings (SSSR count). The number of esters is 1. The summed E-state index contributed by atoms with van der Waals surface area (Å²) in [5.41, 5.74) is 1.84. The van der Waals surface area contributed by atoms with Crippen molar-refractivity contribution in [2.75, 3.05) is 13.7 Å². The van der Waals surface area contributed by atoms with Crippen LogP contribution in [0.5, 0.6) is 5.75 Å². The molecule has 0 atom stereocenters. The van der Waals surface area contributed by atoms with Gasteiger partial charge in [-0.25, -0.2) is 4.79 Å². The Labute approximate surface area is 155 Å². The van der Waals surface area contributed by atoms with E-state index in [4.69, 9.17) is 9.47 Å². The average Bonchev–Trinajstić information content (AvgIpc) is 2.96. The number of cyclic esters (lactones) is 1. The zero-order chi connectivity index (χ0) is 17.3. The standard InChI is InChI=1S/C18H12Br2O4/c1-23-15-7-4-11(8-14(15)20)13-9-24-18(22)16(13)17(21)10-2-5-12(19)6-3-10/h2-8H,9H2,1H3. The van der Waals surface area contributed by atoms with Crippen molar-refractivity contribution in [2.45, 2.75) is 0 Å². The van der Waals surface area contributed by atoms with Crippen molar-refractivity contribution in [3.8, 4) is 5.75 Å². The van der Waals surface area contributed by atoms with Gasteiger partial charge in [-0.15, -0.1) is 0 Å². The Bertz CT molecular complexity index is 854. The van der Waals surface area contributed by atoms with Crippen LogP contribution in [0, 0.1) is 0 Å². The zero-order valence-electron chi connectivity index (χ0n) is 12.6. The molecule has 2 aromatic carbocycles. The van der Waals surface area contributed by atoms with Crippen molar-refractivity contribution in [1.29, 1.82) is 0 Å². The van der Waals surface area contributed by atoms with Gasteiger partial charge in [-0.2, -0.15) is 0 Å². The molecule has 0 fully saturated rings. The van der Waals surface area contributed by atoms with Gasteiger partial charge in [0.1, 0.15) is 17.9 Å². The highest BCUT2D eigenvalue weighted by Crippen LogP contribution is 2.33. The van der Waals surface area contributed by atoms with E-state index < -0.39 is 5.97 Å². The van der Waals surface area contributed by atoms with Gasteiger partial charge in [0.05, 0.1) is 11.6 Å². The second kappa shape index (κ2) is 6.91. The lowest BCUT2D eigenvalue weighted by molar-refractivity contribution is -0.135. The van der Waals surface area contributed by atoms with Gasteiger partial charge < -0.3 is 9.47 Å². The first-order chi connectivity index (χ1) is 11.5. The number of hydrogen-bond donors (Lipinski definition) is 0. The van der Waals surface area contributed by atoms with Gasteiger partial charge in [-0.05, 0) is 57.9 Å². The van der Waals surface area contributed by atoms with Gasteiger partial charge in [-0.3, -0.25) is 4.79 Å². The number of halogens is 2. The Morgan fingerprint density at radius 1 is 1.12 bits per heavy atom.